The highest BCUT2D eigenvalue weighted by atomic mass is 16.7. The number of aromatic nitrogens is 1. The molecule has 2 aliphatic carbocycles. The number of rotatable bonds is 8. The Morgan fingerprint density at radius 1 is 1.23 bits per heavy atom. The van der Waals surface area contributed by atoms with Gasteiger partial charge in [-0.3, -0.25) is 4.98 Å². The largest absolute Gasteiger partial charge is 0.484 e. The Kier molecular flexibility index (Phi) is 7.70. The van der Waals surface area contributed by atoms with Gasteiger partial charge in [-0.05, 0) is 61.0 Å². The molecular formula is C31H43NO7. The summed E-state index contributed by atoms with van der Waals surface area (Å²) < 4.78 is 29.8. The molecule has 1 N–H and O–H groups in total. The lowest BCUT2D eigenvalue weighted by atomic mass is 9.41. The van der Waals surface area contributed by atoms with Gasteiger partial charge in [0.25, 0.3) is 0 Å². The van der Waals surface area contributed by atoms with Crippen LogP contribution in [-0.2, 0) is 14.2 Å². The third-order valence-electron chi connectivity index (χ3n) is 10.6. The minimum atomic E-state index is -1.05. The topological polar surface area (TPSA) is 100 Å². The molecule has 8 heteroatoms. The van der Waals surface area contributed by atoms with Crippen molar-refractivity contribution in [1.29, 1.82) is 0 Å². The minimum absolute atomic E-state index is 0.0572. The van der Waals surface area contributed by atoms with Crippen LogP contribution in [0.4, 0.5) is 0 Å². The molecule has 2 fully saturated rings. The Bertz CT molecular complexity index is 1220. The van der Waals surface area contributed by atoms with Gasteiger partial charge in [-0.1, -0.05) is 34.1 Å². The molecule has 3 heterocycles. The van der Waals surface area contributed by atoms with Crippen LogP contribution in [0.15, 0.2) is 39.8 Å². The quantitative estimate of drug-likeness (QED) is 0.351. The lowest BCUT2D eigenvalue weighted by molar-refractivity contribution is -0.274. The Balaban J connectivity index is 1.60. The first kappa shape index (κ1) is 28.3. The molecule has 2 saturated carbocycles. The normalized spacial score (nSPS) is 37.4. The molecule has 0 aromatic carbocycles. The number of hydrogen-bond donors (Lipinski definition) is 1. The maximum Gasteiger partial charge on any atom is 0.345 e. The average Bonchev–Trinajstić information content (AvgIpc) is 2.91. The van der Waals surface area contributed by atoms with E-state index in [0.29, 0.717) is 36.2 Å². The summed E-state index contributed by atoms with van der Waals surface area (Å²) in [6.07, 6.45) is 5.71. The highest BCUT2D eigenvalue weighted by Crippen LogP contribution is 2.68. The predicted molar refractivity (Wildman–Crippen MR) is 146 cm³/mol. The zero-order valence-electron chi connectivity index (χ0n) is 24.1. The first-order valence-corrected chi connectivity index (χ1v) is 14.2. The summed E-state index contributed by atoms with van der Waals surface area (Å²) in [5.74, 6) is 1.12. The second-order valence-electron chi connectivity index (χ2n) is 12.4. The van der Waals surface area contributed by atoms with Gasteiger partial charge in [0.05, 0.1) is 19.3 Å². The minimum Gasteiger partial charge on any atom is -0.484 e. The van der Waals surface area contributed by atoms with E-state index >= 15 is 0 Å². The Morgan fingerprint density at radius 3 is 2.72 bits per heavy atom. The molecule has 2 aromatic heterocycles. The van der Waals surface area contributed by atoms with Gasteiger partial charge in [0.2, 0.25) is 0 Å². The Labute approximate surface area is 231 Å². The van der Waals surface area contributed by atoms with Gasteiger partial charge in [-0.2, -0.15) is 0 Å². The SMILES string of the molecule is CCC1(C)C2C[C@H](OCOCCOC)[C@@]3(C)Oc4cc(-c5cccnc5)oc(=O)c4[C@H](O)C3[C@@]2(C)CC[C@@H]1C. The fourth-order valence-corrected chi connectivity index (χ4v) is 8.19. The van der Waals surface area contributed by atoms with Crippen LogP contribution in [-0.4, -0.2) is 48.9 Å². The van der Waals surface area contributed by atoms with Crippen LogP contribution in [0, 0.1) is 28.6 Å². The monoisotopic (exact) mass is 541 g/mol. The van der Waals surface area contributed by atoms with Crippen molar-refractivity contribution in [2.24, 2.45) is 28.6 Å². The summed E-state index contributed by atoms with van der Waals surface area (Å²) in [6, 6.07) is 5.32. The van der Waals surface area contributed by atoms with Gasteiger partial charge >= 0.3 is 5.63 Å². The van der Waals surface area contributed by atoms with E-state index in [9.17, 15) is 9.90 Å². The summed E-state index contributed by atoms with van der Waals surface area (Å²) in [6.45, 7) is 12.3. The number of aliphatic hydroxyl groups is 1. The molecule has 0 radical (unpaired) electrons. The van der Waals surface area contributed by atoms with E-state index in [1.165, 1.54) is 0 Å². The standard InChI is InChI=1S/C31H43NO7/c1-7-29(3)19(2)10-11-30(4)23(29)16-24(37-18-36-14-13-35-6)31(5)27(30)26(33)25-22(39-31)15-21(38-28(25)34)20-9-8-12-32-17-20/h8-9,12,15,17,19,23-24,26-27,33H,7,10-11,13-14,16,18H2,1-6H3/t19-,23?,24-,26-,27?,29?,30-,31+/m0/s1. The van der Waals surface area contributed by atoms with E-state index in [0.717, 1.165) is 25.7 Å². The zero-order chi connectivity index (χ0) is 28.0. The molecule has 3 unspecified atom stereocenters. The second kappa shape index (κ2) is 10.6. The van der Waals surface area contributed by atoms with Crippen LogP contribution >= 0.6 is 0 Å². The number of hydrogen-bond acceptors (Lipinski definition) is 8. The lowest BCUT2D eigenvalue weighted by Gasteiger charge is -2.67. The molecule has 214 valence electrons. The molecule has 0 saturated heterocycles. The Morgan fingerprint density at radius 2 is 2.03 bits per heavy atom. The fourth-order valence-electron chi connectivity index (χ4n) is 8.19. The van der Waals surface area contributed by atoms with Crippen LogP contribution in [0.1, 0.15) is 72.0 Å². The van der Waals surface area contributed by atoms with E-state index in [1.807, 2.05) is 13.0 Å². The van der Waals surface area contributed by atoms with Crippen molar-refractivity contribution in [1.82, 2.24) is 4.98 Å². The van der Waals surface area contributed by atoms with E-state index in [4.69, 9.17) is 23.4 Å². The van der Waals surface area contributed by atoms with Crippen molar-refractivity contribution in [3.8, 4) is 17.1 Å². The van der Waals surface area contributed by atoms with Gasteiger partial charge in [-0.25, -0.2) is 4.79 Å². The van der Waals surface area contributed by atoms with Crippen molar-refractivity contribution in [3.63, 3.8) is 0 Å². The number of ether oxygens (including phenoxy) is 4. The van der Waals surface area contributed by atoms with Crippen molar-refractivity contribution in [2.75, 3.05) is 27.1 Å². The van der Waals surface area contributed by atoms with Crippen LogP contribution in [0.2, 0.25) is 0 Å². The maximum atomic E-state index is 13.4. The molecule has 0 spiro atoms. The first-order chi connectivity index (χ1) is 18.6. The lowest BCUT2D eigenvalue weighted by Crippen LogP contribution is -2.70. The summed E-state index contributed by atoms with van der Waals surface area (Å²) in [5.41, 5.74) is -0.820. The molecule has 5 rings (SSSR count). The zero-order valence-corrected chi connectivity index (χ0v) is 24.1. The number of nitrogens with zero attached hydrogens (tertiary/aromatic N) is 1. The molecular weight excluding hydrogens is 498 g/mol. The van der Waals surface area contributed by atoms with Crippen molar-refractivity contribution in [3.05, 3.63) is 46.6 Å². The summed E-state index contributed by atoms with van der Waals surface area (Å²) in [4.78, 5) is 17.6. The summed E-state index contributed by atoms with van der Waals surface area (Å²) in [5, 5.41) is 12.1. The third kappa shape index (κ3) is 4.53. The van der Waals surface area contributed by atoms with Gasteiger partial charge in [0.15, 0.2) is 0 Å². The van der Waals surface area contributed by atoms with E-state index < -0.39 is 17.3 Å². The smallest absolute Gasteiger partial charge is 0.345 e. The van der Waals surface area contributed by atoms with Crippen molar-refractivity contribution >= 4 is 0 Å². The Hall–Kier alpha value is -2.26. The highest BCUT2D eigenvalue weighted by molar-refractivity contribution is 5.59. The molecule has 3 aliphatic rings. The second-order valence-corrected chi connectivity index (χ2v) is 12.4. The van der Waals surface area contributed by atoms with Gasteiger partial charge in [0, 0.05) is 37.1 Å². The molecule has 8 nitrogen and oxygen atoms in total. The third-order valence-corrected chi connectivity index (χ3v) is 10.6. The number of aliphatic hydroxyl groups excluding tert-OH is 1. The molecule has 0 amide bonds. The van der Waals surface area contributed by atoms with E-state index in [2.05, 4.69) is 32.7 Å². The highest BCUT2D eigenvalue weighted by Gasteiger charge is 2.68. The number of fused-ring (bicyclic) bond motifs is 4. The molecule has 1 aliphatic heterocycles. The van der Waals surface area contributed by atoms with Gasteiger partial charge in [0.1, 0.15) is 35.6 Å². The van der Waals surface area contributed by atoms with Gasteiger partial charge < -0.3 is 28.5 Å². The van der Waals surface area contributed by atoms with E-state index in [-0.39, 0.29) is 41.1 Å². The van der Waals surface area contributed by atoms with E-state index in [1.54, 1.807) is 31.6 Å². The summed E-state index contributed by atoms with van der Waals surface area (Å²) in [7, 11) is 1.64. The number of pyridine rings is 1. The maximum absolute atomic E-state index is 13.4. The fraction of sp³-hybridized carbons (Fsp3) is 0.677. The molecule has 8 atom stereocenters. The summed E-state index contributed by atoms with van der Waals surface area (Å²) >= 11 is 0. The molecule has 39 heavy (non-hydrogen) atoms. The molecule has 0 bridgehead atoms. The van der Waals surface area contributed by atoms with Crippen LogP contribution in [0.3, 0.4) is 0 Å². The van der Waals surface area contributed by atoms with Crippen LogP contribution < -0.4 is 10.4 Å². The number of methoxy groups -OCH3 is 1. The molecule has 2 aromatic rings. The van der Waals surface area contributed by atoms with Crippen LogP contribution in [0.25, 0.3) is 11.3 Å². The van der Waals surface area contributed by atoms with Crippen molar-refractivity contribution in [2.45, 2.75) is 78.1 Å². The predicted octanol–water partition coefficient (Wildman–Crippen LogP) is 5.38. The van der Waals surface area contributed by atoms with Crippen LogP contribution in [0.5, 0.6) is 5.75 Å². The van der Waals surface area contributed by atoms with Gasteiger partial charge in [-0.15, -0.1) is 0 Å². The first-order valence-electron chi connectivity index (χ1n) is 14.2. The average molecular weight is 542 g/mol. The van der Waals surface area contributed by atoms with Crippen molar-refractivity contribution < 1.29 is 28.5 Å².